The Balaban J connectivity index is 1.57. The van der Waals surface area contributed by atoms with E-state index in [1.165, 1.54) is 11.3 Å². The van der Waals surface area contributed by atoms with Crippen LogP contribution in [0.1, 0.15) is 5.56 Å². The third-order valence-electron chi connectivity index (χ3n) is 3.86. The number of benzene rings is 2. The molecule has 1 aliphatic heterocycles. The maximum atomic E-state index is 5.30. The van der Waals surface area contributed by atoms with Crippen molar-refractivity contribution in [2.75, 3.05) is 31.6 Å². The van der Waals surface area contributed by atoms with Crippen molar-refractivity contribution >= 4 is 5.69 Å². The van der Waals surface area contributed by atoms with E-state index in [9.17, 15) is 0 Å². The maximum Gasteiger partial charge on any atom is 0.120 e. The average molecular weight is 281 g/mol. The Hall–Kier alpha value is -2.00. The summed E-state index contributed by atoms with van der Waals surface area (Å²) in [5.74, 6) is 0.916. The molecule has 0 bridgehead atoms. The Kier molecular flexibility index (Phi) is 4.41. The summed E-state index contributed by atoms with van der Waals surface area (Å²) < 4.78 is 5.30. The molecule has 0 atom stereocenters. The predicted octanol–water partition coefficient (Wildman–Crippen LogP) is 3.18. The van der Waals surface area contributed by atoms with Crippen LogP contribution in [0.3, 0.4) is 0 Å². The highest BCUT2D eigenvalue weighted by Crippen LogP contribution is 2.23. The van der Waals surface area contributed by atoms with Gasteiger partial charge >= 0.3 is 0 Å². The van der Waals surface area contributed by atoms with Crippen molar-refractivity contribution < 1.29 is 4.74 Å². The second kappa shape index (κ2) is 6.64. The van der Waals surface area contributed by atoms with Gasteiger partial charge in [-0.3, -0.25) is 4.90 Å². The van der Waals surface area contributed by atoms with Gasteiger partial charge in [-0.1, -0.05) is 36.4 Å². The fourth-order valence-electron chi connectivity index (χ4n) is 2.65. The van der Waals surface area contributed by atoms with Gasteiger partial charge in [0, 0.05) is 44.5 Å². The minimum atomic E-state index is 0.916. The molecule has 21 heavy (non-hydrogen) atoms. The first-order chi connectivity index (χ1) is 10.3. The van der Waals surface area contributed by atoms with Crippen LogP contribution in [0.15, 0.2) is 54.6 Å². The standard InChI is InChI=1S/C18H21N2O/c1-21-18-9-5-8-17(14-18)20-12-10-19(11-13-20)15-16-6-3-2-4-7-16/h2-10,14H,11-13,15H2,1H3. The van der Waals surface area contributed by atoms with Crippen molar-refractivity contribution in [3.8, 4) is 5.75 Å². The molecule has 1 saturated heterocycles. The van der Waals surface area contributed by atoms with Crippen molar-refractivity contribution in [3.63, 3.8) is 0 Å². The van der Waals surface area contributed by atoms with Crippen LogP contribution in [-0.4, -0.2) is 31.6 Å². The van der Waals surface area contributed by atoms with Crippen LogP contribution in [-0.2, 0) is 6.54 Å². The lowest BCUT2D eigenvalue weighted by Gasteiger charge is -2.35. The molecule has 0 spiro atoms. The van der Waals surface area contributed by atoms with Crippen LogP contribution < -0.4 is 9.64 Å². The van der Waals surface area contributed by atoms with E-state index in [0.29, 0.717) is 0 Å². The van der Waals surface area contributed by atoms with Crippen LogP contribution in [0.4, 0.5) is 5.69 Å². The molecule has 1 aliphatic rings. The molecule has 3 rings (SSSR count). The Labute approximate surface area is 126 Å². The van der Waals surface area contributed by atoms with Crippen molar-refractivity contribution in [3.05, 3.63) is 66.7 Å². The highest BCUT2D eigenvalue weighted by molar-refractivity contribution is 5.51. The third-order valence-corrected chi connectivity index (χ3v) is 3.86. The van der Waals surface area contributed by atoms with Crippen LogP contribution in [0.2, 0.25) is 0 Å². The van der Waals surface area contributed by atoms with Gasteiger partial charge in [-0.25, -0.2) is 0 Å². The lowest BCUT2D eigenvalue weighted by molar-refractivity contribution is 0.302. The van der Waals surface area contributed by atoms with Gasteiger partial charge < -0.3 is 9.64 Å². The van der Waals surface area contributed by atoms with Crippen molar-refractivity contribution in [1.82, 2.24) is 4.90 Å². The molecule has 1 fully saturated rings. The van der Waals surface area contributed by atoms with Crippen LogP contribution >= 0.6 is 0 Å². The smallest absolute Gasteiger partial charge is 0.120 e. The van der Waals surface area contributed by atoms with Gasteiger partial charge in [0.25, 0.3) is 0 Å². The van der Waals surface area contributed by atoms with E-state index in [2.05, 4.69) is 58.8 Å². The number of piperazine rings is 1. The molecule has 3 nitrogen and oxygen atoms in total. The summed E-state index contributed by atoms with van der Waals surface area (Å²) in [6.45, 7) is 6.31. The number of nitrogens with zero attached hydrogens (tertiary/aromatic N) is 2. The van der Waals surface area contributed by atoms with E-state index in [-0.39, 0.29) is 0 Å². The summed E-state index contributed by atoms with van der Waals surface area (Å²) >= 11 is 0. The first-order valence-electron chi connectivity index (χ1n) is 7.35. The molecule has 0 aliphatic carbocycles. The zero-order chi connectivity index (χ0) is 14.5. The zero-order valence-corrected chi connectivity index (χ0v) is 12.4. The highest BCUT2D eigenvalue weighted by Gasteiger charge is 2.17. The summed E-state index contributed by atoms with van der Waals surface area (Å²) in [5.41, 5.74) is 2.59. The first kappa shape index (κ1) is 14.0. The van der Waals surface area contributed by atoms with Gasteiger partial charge in [-0.2, -0.15) is 0 Å². The van der Waals surface area contributed by atoms with Gasteiger partial charge in [0.1, 0.15) is 5.75 Å². The SMILES string of the molecule is COc1cccc(N2C[CH]N(Cc3ccccc3)CC2)c1. The Morgan fingerprint density at radius 3 is 2.57 bits per heavy atom. The molecule has 3 heteroatoms. The zero-order valence-electron chi connectivity index (χ0n) is 12.4. The van der Waals surface area contributed by atoms with Gasteiger partial charge in [-0.05, 0) is 17.7 Å². The molecule has 1 radical (unpaired) electrons. The van der Waals surface area contributed by atoms with E-state index >= 15 is 0 Å². The predicted molar refractivity (Wildman–Crippen MR) is 86.4 cm³/mol. The topological polar surface area (TPSA) is 15.7 Å². The molecule has 0 N–H and O–H groups in total. The summed E-state index contributed by atoms with van der Waals surface area (Å²) in [5, 5.41) is 0. The quantitative estimate of drug-likeness (QED) is 0.856. The summed E-state index contributed by atoms with van der Waals surface area (Å²) in [4.78, 5) is 4.77. The number of hydrogen-bond acceptors (Lipinski definition) is 3. The molecule has 0 aromatic heterocycles. The van der Waals surface area contributed by atoms with E-state index in [1.807, 2.05) is 12.1 Å². The van der Waals surface area contributed by atoms with Gasteiger partial charge in [-0.15, -0.1) is 0 Å². The monoisotopic (exact) mass is 281 g/mol. The highest BCUT2D eigenvalue weighted by atomic mass is 16.5. The van der Waals surface area contributed by atoms with Crippen molar-refractivity contribution in [2.45, 2.75) is 6.54 Å². The van der Waals surface area contributed by atoms with E-state index < -0.39 is 0 Å². The first-order valence-corrected chi connectivity index (χ1v) is 7.35. The summed E-state index contributed by atoms with van der Waals surface area (Å²) in [6.07, 6.45) is 0. The van der Waals surface area contributed by atoms with Gasteiger partial charge in [0.2, 0.25) is 0 Å². The molecule has 0 unspecified atom stereocenters. The maximum absolute atomic E-state index is 5.30. The van der Waals surface area contributed by atoms with Gasteiger partial charge in [0.15, 0.2) is 0 Å². The minimum Gasteiger partial charge on any atom is -0.497 e. The molecule has 109 valence electrons. The number of rotatable bonds is 4. The molecular weight excluding hydrogens is 260 g/mol. The number of hydrogen-bond donors (Lipinski definition) is 0. The second-order valence-corrected chi connectivity index (χ2v) is 5.29. The largest absolute Gasteiger partial charge is 0.497 e. The molecule has 0 saturated carbocycles. The van der Waals surface area contributed by atoms with E-state index in [4.69, 9.17) is 4.74 Å². The molecule has 1 heterocycles. The number of anilines is 1. The number of methoxy groups -OCH3 is 1. The van der Waals surface area contributed by atoms with E-state index in [0.717, 1.165) is 31.9 Å². The molecule has 2 aromatic carbocycles. The van der Waals surface area contributed by atoms with Crippen LogP contribution in [0.5, 0.6) is 5.75 Å². The Bertz CT molecular complexity index is 562. The molecule has 2 aromatic rings. The number of ether oxygens (including phenoxy) is 1. The van der Waals surface area contributed by atoms with Gasteiger partial charge in [0.05, 0.1) is 7.11 Å². The van der Waals surface area contributed by atoms with Crippen molar-refractivity contribution in [2.24, 2.45) is 0 Å². The summed E-state index contributed by atoms with van der Waals surface area (Å²) in [7, 11) is 1.71. The summed E-state index contributed by atoms with van der Waals surface area (Å²) in [6, 6.07) is 18.9. The minimum absolute atomic E-state index is 0.916. The average Bonchev–Trinajstić information content (AvgIpc) is 2.56. The molecular formula is C18H21N2O. The van der Waals surface area contributed by atoms with Crippen LogP contribution in [0, 0.1) is 6.54 Å². The molecule has 0 amide bonds. The van der Waals surface area contributed by atoms with Crippen LogP contribution in [0.25, 0.3) is 0 Å². The lowest BCUT2D eigenvalue weighted by Crippen LogP contribution is -2.42. The second-order valence-electron chi connectivity index (χ2n) is 5.29. The normalized spacial score (nSPS) is 16.0. The van der Waals surface area contributed by atoms with Crippen molar-refractivity contribution in [1.29, 1.82) is 0 Å². The lowest BCUT2D eigenvalue weighted by atomic mass is 10.2. The fourth-order valence-corrected chi connectivity index (χ4v) is 2.65. The Morgan fingerprint density at radius 2 is 1.86 bits per heavy atom. The fraction of sp³-hybridized carbons (Fsp3) is 0.278. The van der Waals surface area contributed by atoms with E-state index in [1.54, 1.807) is 7.11 Å². The third kappa shape index (κ3) is 3.56. The Morgan fingerprint density at radius 1 is 1.00 bits per heavy atom.